The van der Waals surface area contributed by atoms with E-state index in [1.54, 1.807) is 0 Å². The van der Waals surface area contributed by atoms with Gasteiger partial charge in [0.05, 0.1) is 11.6 Å². The fourth-order valence-electron chi connectivity index (χ4n) is 3.09. The van der Waals surface area contributed by atoms with Gasteiger partial charge in [-0.05, 0) is 30.0 Å². The van der Waals surface area contributed by atoms with Crippen LogP contribution >= 0.6 is 0 Å². The fourth-order valence-corrected chi connectivity index (χ4v) is 3.09. The molecule has 0 saturated carbocycles. The topological polar surface area (TPSA) is 92.2 Å². The summed E-state index contributed by atoms with van der Waals surface area (Å²) in [4.78, 5) is 37.4. The first-order valence-corrected chi connectivity index (χ1v) is 6.98. The van der Waals surface area contributed by atoms with E-state index in [1.807, 2.05) is 0 Å². The summed E-state index contributed by atoms with van der Waals surface area (Å²) in [6, 6.07) is 2.64. The van der Waals surface area contributed by atoms with Gasteiger partial charge in [0, 0.05) is 6.20 Å². The Hall–Kier alpha value is -2.84. The van der Waals surface area contributed by atoms with E-state index in [-0.39, 0.29) is 24.0 Å². The Balaban J connectivity index is 2.21. The second-order valence-electron chi connectivity index (χ2n) is 5.41. The first-order chi connectivity index (χ1) is 11.2. The van der Waals surface area contributed by atoms with Gasteiger partial charge in [0.25, 0.3) is 5.56 Å². The smallest absolute Gasteiger partial charge is 0.416 e. The number of carboxylic acid groups (broad SMARTS) is 1. The van der Waals surface area contributed by atoms with E-state index < -0.39 is 40.6 Å². The number of benzene rings is 1. The van der Waals surface area contributed by atoms with Crippen LogP contribution in [0.4, 0.5) is 13.2 Å². The monoisotopic (exact) mass is 340 g/mol. The van der Waals surface area contributed by atoms with Crippen molar-refractivity contribution in [2.24, 2.45) is 0 Å². The van der Waals surface area contributed by atoms with E-state index in [9.17, 15) is 27.6 Å². The highest BCUT2D eigenvalue weighted by atomic mass is 19.4. The zero-order valence-corrected chi connectivity index (χ0v) is 12.1. The van der Waals surface area contributed by atoms with Gasteiger partial charge in [-0.1, -0.05) is 12.1 Å². The Bertz CT molecular complexity index is 943. The highest BCUT2D eigenvalue weighted by molar-refractivity contribution is 5.86. The summed E-state index contributed by atoms with van der Waals surface area (Å²) in [5.41, 5.74) is -3.11. The number of nitrogens with zero attached hydrogens (tertiary/aromatic N) is 1. The molecule has 0 fully saturated rings. The maximum absolute atomic E-state index is 13.1. The molecule has 1 heterocycles. The van der Waals surface area contributed by atoms with Gasteiger partial charge in [-0.2, -0.15) is 13.2 Å². The summed E-state index contributed by atoms with van der Waals surface area (Å²) >= 11 is 0. The minimum absolute atomic E-state index is 0.0297. The van der Waals surface area contributed by atoms with Crippen LogP contribution in [0, 0.1) is 0 Å². The highest BCUT2D eigenvalue weighted by Crippen LogP contribution is 2.41. The Labute approximate surface area is 132 Å². The van der Waals surface area contributed by atoms with Gasteiger partial charge in [-0.25, -0.2) is 9.59 Å². The number of carboxylic acids is 1. The average molecular weight is 340 g/mol. The molecule has 126 valence electrons. The van der Waals surface area contributed by atoms with Crippen molar-refractivity contribution in [2.45, 2.75) is 25.1 Å². The van der Waals surface area contributed by atoms with E-state index in [1.165, 1.54) is 12.1 Å². The molecule has 2 N–H and O–H groups in total. The number of rotatable bonds is 2. The standard InChI is InChI=1S/C15H11F3N2O4/c16-15(17,18)10-3-1-2-8-7(10)4-5-11(8)20-12(21)9(13(22)23)6-19-14(20)24/h1-3,6,11H,4-5H2,(H,19,24)(H,22,23). The lowest BCUT2D eigenvalue weighted by Gasteiger charge is -2.16. The van der Waals surface area contributed by atoms with Crippen LogP contribution in [-0.2, 0) is 12.6 Å². The van der Waals surface area contributed by atoms with E-state index >= 15 is 0 Å². The van der Waals surface area contributed by atoms with Crippen molar-refractivity contribution >= 4 is 5.97 Å². The molecular weight excluding hydrogens is 329 g/mol. The van der Waals surface area contributed by atoms with Crippen molar-refractivity contribution in [1.29, 1.82) is 0 Å². The number of aromatic amines is 1. The molecule has 24 heavy (non-hydrogen) atoms. The number of nitrogens with one attached hydrogen (secondary N) is 1. The number of hydrogen-bond donors (Lipinski definition) is 2. The summed E-state index contributed by atoms with van der Waals surface area (Å²) in [5, 5.41) is 8.99. The Morgan fingerprint density at radius 3 is 2.62 bits per heavy atom. The van der Waals surface area contributed by atoms with Gasteiger partial charge in [0.2, 0.25) is 0 Å². The molecule has 1 aliphatic rings. The summed E-state index contributed by atoms with van der Waals surface area (Å²) in [7, 11) is 0. The molecule has 1 atom stereocenters. The number of H-pyrrole nitrogens is 1. The molecule has 3 rings (SSSR count). The maximum atomic E-state index is 13.1. The molecule has 1 unspecified atom stereocenters. The summed E-state index contributed by atoms with van der Waals surface area (Å²) < 4.78 is 39.9. The largest absolute Gasteiger partial charge is 0.477 e. The van der Waals surface area contributed by atoms with Crippen LogP contribution in [-0.4, -0.2) is 20.6 Å². The van der Waals surface area contributed by atoms with Crippen LogP contribution in [0.2, 0.25) is 0 Å². The lowest BCUT2D eigenvalue weighted by atomic mass is 10.0. The minimum atomic E-state index is -4.54. The van der Waals surface area contributed by atoms with Gasteiger partial charge >= 0.3 is 17.8 Å². The molecule has 6 nitrogen and oxygen atoms in total. The molecule has 0 radical (unpaired) electrons. The molecule has 0 saturated heterocycles. The zero-order valence-electron chi connectivity index (χ0n) is 12.1. The zero-order chi connectivity index (χ0) is 17.6. The number of fused-ring (bicyclic) bond motifs is 1. The van der Waals surface area contributed by atoms with E-state index in [0.717, 1.165) is 12.3 Å². The predicted octanol–water partition coefficient (Wildman–Crippen LogP) is 1.79. The Morgan fingerprint density at radius 1 is 1.29 bits per heavy atom. The lowest BCUT2D eigenvalue weighted by Crippen LogP contribution is -2.40. The van der Waals surface area contributed by atoms with Crippen molar-refractivity contribution in [1.82, 2.24) is 9.55 Å². The van der Waals surface area contributed by atoms with Gasteiger partial charge in [0.1, 0.15) is 5.56 Å². The third kappa shape index (κ3) is 2.41. The molecule has 1 aliphatic carbocycles. The summed E-state index contributed by atoms with van der Waals surface area (Å²) in [6.07, 6.45) is -3.61. The third-order valence-electron chi connectivity index (χ3n) is 4.09. The molecule has 9 heteroatoms. The predicted molar refractivity (Wildman–Crippen MR) is 76.2 cm³/mol. The second-order valence-corrected chi connectivity index (χ2v) is 5.41. The normalized spacial score (nSPS) is 16.9. The van der Waals surface area contributed by atoms with E-state index in [2.05, 4.69) is 4.98 Å². The van der Waals surface area contributed by atoms with Gasteiger partial charge in [-0.3, -0.25) is 9.36 Å². The molecule has 0 aliphatic heterocycles. The Morgan fingerprint density at radius 2 is 2.00 bits per heavy atom. The highest BCUT2D eigenvalue weighted by Gasteiger charge is 2.38. The number of aromatic carboxylic acids is 1. The van der Waals surface area contributed by atoms with Crippen molar-refractivity contribution in [3.8, 4) is 0 Å². The van der Waals surface area contributed by atoms with Crippen LogP contribution < -0.4 is 11.2 Å². The van der Waals surface area contributed by atoms with Crippen LogP contribution in [0.15, 0.2) is 34.0 Å². The van der Waals surface area contributed by atoms with Crippen LogP contribution in [0.5, 0.6) is 0 Å². The van der Waals surface area contributed by atoms with Crippen molar-refractivity contribution in [3.63, 3.8) is 0 Å². The molecular formula is C15H11F3N2O4. The van der Waals surface area contributed by atoms with E-state index in [4.69, 9.17) is 5.11 Å². The Kier molecular flexibility index (Phi) is 3.58. The number of carbonyl (C=O) groups is 1. The first-order valence-electron chi connectivity index (χ1n) is 6.98. The third-order valence-corrected chi connectivity index (χ3v) is 4.09. The number of hydrogen-bond acceptors (Lipinski definition) is 3. The van der Waals surface area contributed by atoms with Crippen molar-refractivity contribution in [2.75, 3.05) is 0 Å². The van der Waals surface area contributed by atoms with Gasteiger partial charge in [-0.15, -0.1) is 0 Å². The van der Waals surface area contributed by atoms with Gasteiger partial charge < -0.3 is 10.1 Å². The van der Waals surface area contributed by atoms with Crippen molar-refractivity contribution in [3.05, 3.63) is 67.5 Å². The molecule has 1 aromatic carbocycles. The lowest BCUT2D eigenvalue weighted by molar-refractivity contribution is -0.138. The molecule has 2 aromatic rings. The molecule has 0 bridgehead atoms. The van der Waals surface area contributed by atoms with Crippen LogP contribution in [0.3, 0.4) is 0 Å². The molecule has 1 aromatic heterocycles. The van der Waals surface area contributed by atoms with Crippen molar-refractivity contribution < 1.29 is 23.1 Å². The van der Waals surface area contributed by atoms with E-state index in [0.29, 0.717) is 4.57 Å². The maximum Gasteiger partial charge on any atom is 0.416 e. The average Bonchev–Trinajstić information content (AvgIpc) is 2.89. The summed E-state index contributed by atoms with van der Waals surface area (Å²) in [6.45, 7) is 0. The first kappa shape index (κ1) is 16.0. The molecule has 0 spiro atoms. The van der Waals surface area contributed by atoms with Crippen LogP contribution in [0.1, 0.15) is 39.5 Å². The quantitative estimate of drug-likeness (QED) is 0.872. The van der Waals surface area contributed by atoms with Crippen LogP contribution in [0.25, 0.3) is 0 Å². The number of alkyl halides is 3. The molecule has 0 amide bonds. The number of halogens is 3. The minimum Gasteiger partial charge on any atom is -0.477 e. The SMILES string of the molecule is O=C(O)c1c[nH]c(=O)n(C2CCc3c2cccc3C(F)(F)F)c1=O. The fraction of sp³-hybridized carbons (Fsp3) is 0.267. The van der Waals surface area contributed by atoms with Gasteiger partial charge in [0.15, 0.2) is 0 Å². The number of aromatic nitrogens is 2. The second kappa shape index (κ2) is 5.36. The summed E-state index contributed by atoms with van der Waals surface area (Å²) in [5.74, 6) is -1.52.